The zero-order valence-electron chi connectivity index (χ0n) is 11.8. The Hall–Kier alpha value is -2.29. The van der Waals surface area contributed by atoms with Gasteiger partial charge in [0.25, 0.3) is 0 Å². The SMILES string of the molecule is O=C(NCc1ccc(OC(F)(F)F)cc1)[C@@H]1CC[C@H](C(=O)O)O1. The molecule has 1 aliphatic rings. The van der Waals surface area contributed by atoms with Gasteiger partial charge < -0.3 is 19.9 Å². The molecule has 1 saturated heterocycles. The van der Waals surface area contributed by atoms with Gasteiger partial charge in [-0.25, -0.2) is 4.79 Å². The second kappa shape index (κ2) is 6.86. The number of hydrogen-bond donors (Lipinski definition) is 2. The van der Waals surface area contributed by atoms with Crippen LogP contribution in [0, 0.1) is 0 Å². The van der Waals surface area contributed by atoms with Crippen LogP contribution >= 0.6 is 0 Å². The number of carbonyl (C=O) groups excluding carboxylic acids is 1. The van der Waals surface area contributed by atoms with E-state index in [0.29, 0.717) is 12.0 Å². The second-order valence-electron chi connectivity index (χ2n) is 4.94. The minimum atomic E-state index is -4.75. The predicted octanol–water partition coefficient (Wildman–Crippen LogP) is 1.83. The van der Waals surface area contributed by atoms with Gasteiger partial charge in [0.05, 0.1) is 0 Å². The van der Waals surface area contributed by atoms with Crippen molar-refractivity contribution in [3.63, 3.8) is 0 Å². The van der Waals surface area contributed by atoms with E-state index in [1.165, 1.54) is 12.1 Å². The molecule has 1 fully saturated rings. The van der Waals surface area contributed by atoms with Crippen LogP contribution in [0.15, 0.2) is 24.3 Å². The van der Waals surface area contributed by atoms with Crippen LogP contribution in [0.4, 0.5) is 13.2 Å². The Morgan fingerprint density at radius 2 is 1.83 bits per heavy atom. The minimum Gasteiger partial charge on any atom is -0.479 e. The summed E-state index contributed by atoms with van der Waals surface area (Å²) in [5.41, 5.74) is 0.570. The maximum atomic E-state index is 12.0. The molecule has 6 nitrogen and oxygen atoms in total. The molecule has 0 radical (unpaired) electrons. The van der Waals surface area contributed by atoms with E-state index in [-0.39, 0.29) is 18.7 Å². The first-order chi connectivity index (χ1) is 10.7. The number of halogens is 3. The second-order valence-corrected chi connectivity index (χ2v) is 4.94. The molecule has 23 heavy (non-hydrogen) atoms. The molecule has 0 aliphatic carbocycles. The van der Waals surface area contributed by atoms with Gasteiger partial charge in [0, 0.05) is 6.54 Å². The highest BCUT2D eigenvalue weighted by Gasteiger charge is 2.34. The summed E-state index contributed by atoms with van der Waals surface area (Å²) in [5.74, 6) is -1.92. The number of ether oxygens (including phenoxy) is 2. The summed E-state index contributed by atoms with van der Waals surface area (Å²) in [6, 6.07) is 5.05. The van der Waals surface area contributed by atoms with E-state index in [0.717, 1.165) is 12.1 Å². The number of carboxylic acids is 1. The lowest BCUT2D eigenvalue weighted by Gasteiger charge is -2.12. The lowest BCUT2D eigenvalue weighted by atomic mass is 10.1. The smallest absolute Gasteiger partial charge is 0.479 e. The Morgan fingerprint density at radius 1 is 1.22 bits per heavy atom. The summed E-state index contributed by atoms with van der Waals surface area (Å²) in [6.45, 7) is 0.0860. The number of carboxylic acid groups (broad SMARTS) is 1. The van der Waals surface area contributed by atoms with Crippen LogP contribution in [0.3, 0.4) is 0 Å². The average molecular weight is 333 g/mol. The third kappa shape index (κ3) is 5.13. The Balaban J connectivity index is 1.82. The van der Waals surface area contributed by atoms with Crippen molar-refractivity contribution in [2.24, 2.45) is 0 Å². The zero-order valence-corrected chi connectivity index (χ0v) is 11.8. The van der Waals surface area contributed by atoms with E-state index < -0.39 is 30.4 Å². The largest absolute Gasteiger partial charge is 0.573 e. The molecule has 126 valence electrons. The molecule has 0 saturated carbocycles. The summed E-state index contributed by atoms with van der Waals surface area (Å²) < 4.78 is 44.9. The normalized spacial score (nSPS) is 21.0. The first-order valence-electron chi connectivity index (χ1n) is 6.75. The molecule has 2 rings (SSSR count). The Morgan fingerprint density at radius 3 is 2.35 bits per heavy atom. The van der Waals surface area contributed by atoms with Crippen molar-refractivity contribution in [1.82, 2.24) is 5.32 Å². The van der Waals surface area contributed by atoms with E-state index in [9.17, 15) is 22.8 Å². The lowest BCUT2D eigenvalue weighted by Crippen LogP contribution is -2.35. The fraction of sp³-hybridized carbons (Fsp3) is 0.429. The first kappa shape index (κ1) is 17.1. The molecule has 0 spiro atoms. The van der Waals surface area contributed by atoms with Crippen molar-refractivity contribution in [3.05, 3.63) is 29.8 Å². The van der Waals surface area contributed by atoms with Crippen molar-refractivity contribution < 1.29 is 37.3 Å². The van der Waals surface area contributed by atoms with Gasteiger partial charge in [0.1, 0.15) is 11.9 Å². The van der Waals surface area contributed by atoms with Crippen molar-refractivity contribution >= 4 is 11.9 Å². The van der Waals surface area contributed by atoms with Crippen LogP contribution in [0.2, 0.25) is 0 Å². The van der Waals surface area contributed by atoms with Crippen molar-refractivity contribution in [2.45, 2.75) is 38.0 Å². The lowest BCUT2D eigenvalue weighted by molar-refractivity contribution is -0.274. The highest BCUT2D eigenvalue weighted by molar-refractivity contribution is 5.82. The van der Waals surface area contributed by atoms with E-state index in [2.05, 4.69) is 10.1 Å². The number of nitrogens with one attached hydrogen (secondary N) is 1. The standard InChI is InChI=1S/C14H14F3NO5/c15-14(16,17)23-9-3-1-8(2-4-9)7-18-12(19)10-5-6-11(22-10)13(20)21/h1-4,10-11H,5-7H2,(H,18,19)(H,20,21)/t10-,11+/m0/s1. The first-order valence-corrected chi connectivity index (χ1v) is 6.75. The highest BCUT2D eigenvalue weighted by atomic mass is 19.4. The third-order valence-corrected chi connectivity index (χ3v) is 3.21. The van der Waals surface area contributed by atoms with Crippen LogP contribution in [-0.2, 0) is 20.9 Å². The molecule has 2 N–H and O–H groups in total. The van der Waals surface area contributed by atoms with Gasteiger partial charge in [0.15, 0.2) is 6.10 Å². The predicted molar refractivity (Wildman–Crippen MR) is 70.5 cm³/mol. The molecular formula is C14H14F3NO5. The maximum Gasteiger partial charge on any atom is 0.573 e. The van der Waals surface area contributed by atoms with E-state index >= 15 is 0 Å². The number of benzene rings is 1. The Kier molecular flexibility index (Phi) is 5.09. The third-order valence-electron chi connectivity index (χ3n) is 3.21. The average Bonchev–Trinajstić information content (AvgIpc) is 2.94. The highest BCUT2D eigenvalue weighted by Crippen LogP contribution is 2.23. The van der Waals surface area contributed by atoms with E-state index in [4.69, 9.17) is 9.84 Å². The summed E-state index contributed by atoms with van der Waals surface area (Å²) >= 11 is 0. The van der Waals surface area contributed by atoms with Gasteiger partial charge >= 0.3 is 12.3 Å². The molecule has 1 aliphatic heterocycles. The van der Waals surface area contributed by atoms with Crippen molar-refractivity contribution in [2.75, 3.05) is 0 Å². The Bertz CT molecular complexity index is 573. The summed E-state index contributed by atoms with van der Waals surface area (Å²) in [4.78, 5) is 22.6. The molecule has 1 heterocycles. The van der Waals surface area contributed by atoms with Gasteiger partial charge in [0.2, 0.25) is 5.91 Å². The monoisotopic (exact) mass is 333 g/mol. The fourth-order valence-electron chi connectivity index (χ4n) is 2.12. The number of hydrogen-bond acceptors (Lipinski definition) is 4. The number of rotatable bonds is 5. The minimum absolute atomic E-state index is 0.0860. The van der Waals surface area contributed by atoms with Gasteiger partial charge in [-0.1, -0.05) is 12.1 Å². The number of alkyl halides is 3. The van der Waals surface area contributed by atoms with Crippen LogP contribution in [0.1, 0.15) is 18.4 Å². The molecule has 0 aromatic heterocycles. The molecule has 1 aromatic carbocycles. The summed E-state index contributed by atoms with van der Waals surface area (Å²) in [5, 5.41) is 11.3. The van der Waals surface area contributed by atoms with Gasteiger partial charge in [-0.05, 0) is 30.5 Å². The molecule has 0 unspecified atom stereocenters. The van der Waals surface area contributed by atoms with E-state index in [1.807, 2.05) is 0 Å². The van der Waals surface area contributed by atoms with Crippen LogP contribution in [-0.4, -0.2) is 35.6 Å². The number of carbonyl (C=O) groups is 2. The molecule has 0 bridgehead atoms. The molecule has 9 heteroatoms. The van der Waals surface area contributed by atoms with Crippen LogP contribution in [0.25, 0.3) is 0 Å². The molecular weight excluding hydrogens is 319 g/mol. The maximum absolute atomic E-state index is 12.0. The van der Waals surface area contributed by atoms with Crippen LogP contribution in [0.5, 0.6) is 5.75 Å². The van der Waals surface area contributed by atoms with Gasteiger partial charge in [-0.3, -0.25) is 4.79 Å². The van der Waals surface area contributed by atoms with Crippen LogP contribution < -0.4 is 10.1 Å². The van der Waals surface area contributed by atoms with Gasteiger partial charge in [-0.15, -0.1) is 13.2 Å². The molecule has 1 aromatic rings. The van der Waals surface area contributed by atoms with Crippen molar-refractivity contribution in [3.8, 4) is 5.75 Å². The topological polar surface area (TPSA) is 84.9 Å². The van der Waals surface area contributed by atoms with E-state index in [1.54, 1.807) is 0 Å². The number of amides is 1. The quantitative estimate of drug-likeness (QED) is 0.859. The molecule has 2 atom stereocenters. The summed E-state index contributed by atoms with van der Waals surface area (Å²) in [6.07, 6.45) is -6.00. The number of aliphatic carboxylic acids is 1. The fourth-order valence-corrected chi connectivity index (χ4v) is 2.12. The molecule has 1 amide bonds. The zero-order chi connectivity index (χ0) is 17.0. The Labute approximate surface area is 129 Å². The van der Waals surface area contributed by atoms with Crippen molar-refractivity contribution in [1.29, 1.82) is 0 Å². The van der Waals surface area contributed by atoms with Gasteiger partial charge in [-0.2, -0.15) is 0 Å². The summed E-state index contributed by atoms with van der Waals surface area (Å²) in [7, 11) is 0.